The second-order valence-corrected chi connectivity index (χ2v) is 8.37. The molecule has 0 aliphatic carbocycles. The maximum atomic E-state index is 12.8. The van der Waals surface area contributed by atoms with E-state index < -0.39 is 11.6 Å². The van der Waals surface area contributed by atoms with Crippen LogP contribution in [0, 0.1) is 5.92 Å². The van der Waals surface area contributed by atoms with Crippen molar-refractivity contribution in [2.45, 2.75) is 39.0 Å². The molecule has 1 unspecified atom stereocenters. The number of ether oxygens (including phenoxy) is 2. The number of fused-ring (bicyclic) bond motifs is 1. The van der Waals surface area contributed by atoms with Crippen LogP contribution in [0.4, 0.5) is 0 Å². The summed E-state index contributed by atoms with van der Waals surface area (Å²) in [5.41, 5.74) is 0.0536. The Morgan fingerprint density at radius 2 is 1.97 bits per heavy atom. The van der Waals surface area contributed by atoms with Crippen LogP contribution in [-0.4, -0.2) is 57.8 Å². The van der Waals surface area contributed by atoms with Crippen LogP contribution >= 0.6 is 0 Å². The summed E-state index contributed by atoms with van der Waals surface area (Å²) in [7, 11) is 0. The second-order valence-electron chi connectivity index (χ2n) is 8.37. The fourth-order valence-corrected chi connectivity index (χ4v) is 3.73. The van der Waals surface area contributed by atoms with Gasteiger partial charge in [0.25, 0.3) is 11.8 Å². The van der Waals surface area contributed by atoms with Gasteiger partial charge >= 0.3 is 0 Å². The summed E-state index contributed by atoms with van der Waals surface area (Å²) in [6, 6.07) is 9.02. The zero-order valence-electron chi connectivity index (χ0n) is 16.9. The van der Waals surface area contributed by atoms with Crippen molar-refractivity contribution in [1.82, 2.24) is 20.0 Å². The molecule has 154 valence electrons. The normalized spacial score (nSPS) is 19.6. The molecule has 1 N–H and O–H groups in total. The topological polar surface area (TPSA) is 85.7 Å². The predicted molar refractivity (Wildman–Crippen MR) is 106 cm³/mol. The van der Waals surface area contributed by atoms with Crippen LogP contribution in [0.5, 0.6) is 11.5 Å². The maximum Gasteiger partial charge on any atom is 0.270 e. The highest BCUT2D eigenvalue weighted by Gasteiger charge is 2.45. The Morgan fingerprint density at radius 1 is 1.24 bits per heavy atom. The van der Waals surface area contributed by atoms with Crippen molar-refractivity contribution in [3.8, 4) is 11.5 Å². The third-order valence-corrected chi connectivity index (χ3v) is 5.08. The van der Waals surface area contributed by atoms with E-state index in [2.05, 4.69) is 24.3 Å². The molecule has 1 atom stereocenters. The SMILES string of the molecule is CC(C)Cn1nccc1C(=O)NC1(C)CN(C(=O)C2COc3ccccc3O2)C1. The predicted octanol–water partition coefficient (Wildman–Crippen LogP) is 1.71. The zero-order valence-corrected chi connectivity index (χ0v) is 16.9. The van der Waals surface area contributed by atoms with Gasteiger partial charge < -0.3 is 19.7 Å². The van der Waals surface area contributed by atoms with Gasteiger partial charge in [0, 0.05) is 25.8 Å². The summed E-state index contributed by atoms with van der Waals surface area (Å²) in [6.45, 7) is 7.81. The number of hydrogen-bond acceptors (Lipinski definition) is 5. The molecular weight excluding hydrogens is 372 g/mol. The smallest absolute Gasteiger partial charge is 0.270 e. The van der Waals surface area contributed by atoms with Crippen LogP contribution in [0.3, 0.4) is 0 Å². The van der Waals surface area contributed by atoms with E-state index in [0.29, 0.717) is 42.7 Å². The van der Waals surface area contributed by atoms with Crippen LogP contribution in [0.1, 0.15) is 31.3 Å². The molecular formula is C21H26N4O4. The number of aromatic nitrogens is 2. The lowest BCUT2D eigenvalue weighted by Crippen LogP contribution is -2.71. The molecule has 3 heterocycles. The third-order valence-electron chi connectivity index (χ3n) is 5.08. The van der Waals surface area contributed by atoms with E-state index in [-0.39, 0.29) is 18.4 Å². The van der Waals surface area contributed by atoms with Gasteiger partial charge in [0.15, 0.2) is 11.5 Å². The Labute approximate surface area is 169 Å². The molecule has 8 nitrogen and oxygen atoms in total. The van der Waals surface area contributed by atoms with Gasteiger partial charge in [-0.15, -0.1) is 0 Å². The molecule has 4 rings (SSSR count). The number of nitrogens with zero attached hydrogens (tertiary/aromatic N) is 3. The van der Waals surface area contributed by atoms with Gasteiger partial charge in [-0.2, -0.15) is 5.10 Å². The van der Waals surface area contributed by atoms with Crippen molar-refractivity contribution in [3.05, 3.63) is 42.2 Å². The first-order chi connectivity index (χ1) is 13.8. The fraction of sp³-hybridized carbons (Fsp3) is 0.476. The van der Waals surface area contributed by atoms with Crippen molar-refractivity contribution in [3.63, 3.8) is 0 Å². The molecule has 8 heteroatoms. The van der Waals surface area contributed by atoms with E-state index in [1.165, 1.54) is 0 Å². The van der Waals surface area contributed by atoms with Gasteiger partial charge in [-0.25, -0.2) is 0 Å². The van der Waals surface area contributed by atoms with E-state index in [9.17, 15) is 9.59 Å². The first kappa shape index (κ1) is 19.3. The van der Waals surface area contributed by atoms with Crippen LogP contribution in [-0.2, 0) is 11.3 Å². The fourth-order valence-electron chi connectivity index (χ4n) is 3.73. The lowest BCUT2D eigenvalue weighted by Gasteiger charge is -2.49. The third kappa shape index (κ3) is 3.92. The second kappa shape index (κ2) is 7.42. The maximum absolute atomic E-state index is 12.8. The van der Waals surface area contributed by atoms with Crippen LogP contribution in [0.15, 0.2) is 36.5 Å². The molecule has 0 saturated carbocycles. The number of nitrogens with one attached hydrogen (secondary N) is 1. The Hall–Kier alpha value is -3.03. The molecule has 2 aliphatic rings. The molecule has 1 fully saturated rings. The molecule has 0 bridgehead atoms. The van der Waals surface area contributed by atoms with Crippen molar-refractivity contribution in [1.29, 1.82) is 0 Å². The van der Waals surface area contributed by atoms with E-state index in [4.69, 9.17) is 9.47 Å². The summed E-state index contributed by atoms with van der Waals surface area (Å²) in [4.78, 5) is 27.2. The molecule has 0 spiro atoms. The summed E-state index contributed by atoms with van der Waals surface area (Å²) >= 11 is 0. The minimum atomic E-state index is -0.669. The summed E-state index contributed by atoms with van der Waals surface area (Å²) in [5, 5.41) is 7.28. The number of likely N-dealkylation sites (tertiary alicyclic amines) is 1. The number of amides is 2. The first-order valence-corrected chi connectivity index (χ1v) is 9.86. The highest BCUT2D eigenvalue weighted by molar-refractivity contribution is 5.93. The monoisotopic (exact) mass is 398 g/mol. The standard InChI is InChI=1S/C21H26N4O4/c1-14(2)10-25-15(8-9-22-25)19(26)23-21(3)12-24(13-21)20(27)18-11-28-16-6-4-5-7-17(16)29-18/h4-9,14,18H,10-13H2,1-3H3,(H,23,26). The minimum absolute atomic E-state index is 0.129. The van der Waals surface area contributed by atoms with E-state index >= 15 is 0 Å². The number of rotatable bonds is 5. The number of carbonyl (C=O) groups is 2. The molecule has 1 saturated heterocycles. The number of hydrogen-bond donors (Lipinski definition) is 1. The quantitative estimate of drug-likeness (QED) is 0.829. The molecule has 2 aromatic rings. The van der Waals surface area contributed by atoms with E-state index in [1.54, 1.807) is 27.9 Å². The van der Waals surface area contributed by atoms with Gasteiger partial charge in [0.05, 0.1) is 5.54 Å². The van der Waals surface area contributed by atoms with Crippen molar-refractivity contribution in [2.75, 3.05) is 19.7 Å². The molecule has 1 aromatic heterocycles. The molecule has 0 radical (unpaired) electrons. The summed E-state index contributed by atoms with van der Waals surface area (Å²) < 4.78 is 13.1. The molecule has 2 amide bonds. The Balaban J connectivity index is 1.34. The van der Waals surface area contributed by atoms with Gasteiger partial charge in [0.1, 0.15) is 12.3 Å². The van der Waals surface area contributed by atoms with Gasteiger partial charge in [0.2, 0.25) is 6.10 Å². The van der Waals surface area contributed by atoms with Gasteiger partial charge in [-0.05, 0) is 31.0 Å². The average Bonchev–Trinajstić information content (AvgIpc) is 3.12. The highest BCUT2D eigenvalue weighted by Crippen LogP contribution is 2.32. The number of carbonyl (C=O) groups excluding carboxylic acids is 2. The minimum Gasteiger partial charge on any atom is -0.485 e. The summed E-state index contributed by atoms with van der Waals surface area (Å²) in [6.07, 6.45) is 0.965. The largest absolute Gasteiger partial charge is 0.485 e. The Bertz CT molecular complexity index is 917. The first-order valence-electron chi connectivity index (χ1n) is 9.86. The molecule has 1 aromatic carbocycles. The molecule has 2 aliphatic heterocycles. The number of benzene rings is 1. The highest BCUT2D eigenvalue weighted by atomic mass is 16.6. The Kier molecular flexibility index (Phi) is 4.94. The van der Waals surface area contributed by atoms with Crippen molar-refractivity contribution >= 4 is 11.8 Å². The zero-order chi connectivity index (χ0) is 20.6. The number of para-hydroxylation sites is 2. The van der Waals surface area contributed by atoms with Crippen LogP contribution in [0.2, 0.25) is 0 Å². The van der Waals surface area contributed by atoms with E-state index in [0.717, 1.165) is 0 Å². The lowest BCUT2D eigenvalue weighted by atomic mass is 9.91. The molecule has 29 heavy (non-hydrogen) atoms. The Morgan fingerprint density at radius 3 is 2.69 bits per heavy atom. The lowest BCUT2D eigenvalue weighted by molar-refractivity contribution is -0.149. The van der Waals surface area contributed by atoms with Gasteiger partial charge in [-0.3, -0.25) is 14.3 Å². The van der Waals surface area contributed by atoms with Gasteiger partial charge in [-0.1, -0.05) is 26.0 Å². The van der Waals surface area contributed by atoms with Crippen molar-refractivity contribution < 1.29 is 19.1 Å². The van der Waals surface area contributed by atoms with E-state index in [1.807, 2.05) is 25.1 Å². The van der Waals surface area contributed by atoms with Crippen LogP contribution in [0.25, 0.3) is 0 Å². The van der Waals surface area contributed by atoms with Crippen molar-refractivity contribution in [2.24, 2.45) is 5.92 Å². The summed E-state index contributed by atoms with van der Waals surface area (Å²) in [5.74, 6) is 1.30. The van der Waals surface area contributed by atoms with Crippen LogP contribution < -0.4 is 14.8 Å². The average molecular weight is 398 g/mol.